The average molecular weight is 192 g/mol. The first-order chi connectivity index (χ1) is 5.11. The van der Waals surface area contributed by atoms with Gasteiger partial charge in [0, 0.05) is 17.5 Å². The van der Waals surface area contributed by atoms with Crippen LogP contribution in [-0.2, 0) is 4.79 Å². The minimum atomic E-state index is -0.513. The van der Waals surface area contributed by atoms with Crippen LogP contribution in [0.15, 0.2) is 23.5 Å². The SMILES string of the molecule is CC1=CC(Cl)C(C(=O)Cl)=CN1. The van der Waals surface area contributed by atoms with Gasteiger partial charge in [-0.15, -0.1) is 11.6 Å². The number of dihydropyridines is 1. The molecular weight excluding hydrogens is 185 g/mol. The maximum absolute atomic E-state index is 10.7. The lowest BCUT2D eigenvalue weighted by atomic mass is 10.1. The quantitative estimate of drug-likeness (QED) is 0.506. The van der Waals surface area contributed by atoms with Crippen LogP contribution >= 0.6 is 23.2 Å². The first-order valence-corrected chi connectivity index (χ1v) is 3.91. The molecule has 1 N–H and O–H groups in total. The first-order valence-electron chi connectivity index (χ1n) is 3.10. The molecule has 0 saturated heterocycles. The number of carbonyl (C=O) groups is 1. The largest absolute Gasteiger partial charge is 0.365 e. The zero-order chi connectivity index (χ0) is 8.43. The predicted octanol–water partition coefficient (Wildman–Crippen LogP) is 1.75. The molecule has 11 heavy (non-hydrogen) atoms. The fraction of sp³-hybridized carbons (Fsp3) is 0.286. The van der Waals surface area contributed by atoms with E-state index in [1.54, 1.807) is 6.08 Å². The molecule has 0 aromatic carbocycles. The Hall–Kier alpha value is -0.470. The van der Waals surface area contributed by atoms with E-state index in [9.17, 15) is 4.79 Å². The third-order valence-corrected chi connectivity index (χ3v) is 1.96. The van der Waals surface area contributed by atoms with Crippen LogP contribution in [0.5, 0.6) is 0 Å². The maximum atomic E-state index is 10.7. The Morgan fingerprint density at radius 2 is 2.36 bits per heavy atom. The molecule has 1 rings (SSSR count). The average Bonchev–Trinajstić information content (AvgIpc) is 1.85. The Morgan fingerprint density at radius 3 is 2.82 bits per heavy atom. The van der Waals surface area contributed by atoms with E-state index in [1.165, 1.54) is 6.20 Å². The third kappa shape index (κ3) is 1.98. The van der Waals surface area contributed by atoms with Gasteiger partial charge in [0.05, 0.1) is 5.38 Å². The third-order valence-electron chi connectivity index (χ3n) is 1.38. The summed E-state index contributed by atoms with van der Waals surface area (Å²) in [4.78, 5) is 10.7. The summed E-state index contributed by atoms with van der Waals surface area (Å²) in [7, 11) is 0. The van der Waals surface area contributed by atoms with E-state index in [2.05, 4.69) is 5.32 Å². The van der Waals surface area contributed by atoms with Crippen molar-refractivity contribution >= 4 is 28.4 Å². The van der Waals surface area contributed by atoms with Crippen LogP contribution in [0.25, 0.3) is 0 Å². The summed E-state index contributed by atoms with van der Waals surface area (Å²) in [5.41, 5.74) is 1.31. The van der Waals surface area contributed by atoms with Gasteiger partial charge in [-0.1, -0.05) is 0 Å². The summed E-state index contributed by atoms with van der Waals surface area (Å²) in [6.07, 6.45) is 3.26. The van der Waals surface area contributed by atoms with Crippen molar-refractivity contribution in [1.82, 2.24) is 5.32 Å². The molecule has 0 bridgehead atoms. The molecule has 0 saturated carbocycles. The second kappa shape index (κ2) is 3.28. The van der Waals surface area contributed by atoms with Crippen molar-refractivity contribution < 1.29 is 4.79 Å². The second-order valence-electron chi connectivity index (χ2n) is 2.27. The maximum Gasteiger partial charge on any atom is 0.251 e. The summed E-state index contributed by atoms with van der Waals surface area (Å²) >= 11 is 11.0. The Morgan fingerprint density at radius 1 is 1.73 bits per heavy atom. The van der Waals surface area contributed by atoms with E-state index in [4.69, 9.17) is 23.2 Å². The number of hydrogen-bond donors (Lipinski definition) is 1. The highest BCUT2D eigenvalue weighted by Crippen LogP contribution is 2.18. The monoisotopic (exact) mass is 191 g/mol. The van der Waals surface area contributed by atoms with E-state index in [0.717, 1.165) is 5.70 Å². The van der Waals surface area contributed by atoms with Crippen LogP contribution in [0.3, 0.4) is 0 Å². The Labute approximate surface area is 74.9 Å². The highest BCUT2D eigenvalue weighted by Gasteiger charge is 2.17. The summed E-state index contributed by atoms with van der Waals surface area (Å²) in [5, 5.41) is 1.94. The molecular formula is C7H7Cl2NO. The van der Waals surface area contributed by atoms with Crippen molar-refractivity contribution in [2.45, 2.75) is 12.3 Å². The van der Waals surface area contributed by atoms with Crippen LogP contribution in [0, 0.1) is 0 Å². The van der Waals surface area contributed by atoms with Gasteiger partial charge < -0.3 is 5.32 Å². The van der Waals surface area contributed by atoms with E-state index in [1.807, 2.05) is 6.92 Å². The Bertz CT molecular complexity index is 245. The van der Waals surface area contributed by atoms with Gasteiger partial charge in [0.2, 0.25) is 0 Å². The van der Waals surface area contributed by atoms with Crippen molar-refractivity contribution in [2.24, 2.45) is 0 Å². The van der Waals surface area contributed by atoms with Crippen molar-refractivity contribution in [3.8, 4) is 0 Å². The number of hydrogen-bond acceptors (Lipinski definition) is 2. The van der Waals surface area contributed by atoms with Gasteiger partial charge in [-0.2, -0.15) is 0 Å². The van der Waals surface area contributed by atoms with Gasteiger partial charge in [0.15, 0.2) is 0 Å². The fourth-order valence-corrected chi connectivity index (χ4v) is 1.37. The van der Waals surface area contributed by atoms with Crippen LogP contribution in [0.1, 0.15) is 6.92 Å². The van der Waals surface area contributed by atoms with E-state index >= 15 is 0 Å². The molecule has 2 nitrogen and oxygen atoms in total. The molecule has 60 valence electrons. The summed E-state index contributed by atoms with van der Waals surface area (Å²) in [6.45, 7) is 1.86. The molecule has 4 heteroatoms. The first kappa shape index (κ1) is 8.62. The number of allylic oxidation sites excluding steroid dienone is 3. The number of alkyl halides is 1. The van der Waals surface area contributed by atoms with Crippen LogP contribution in [0.4, 0.5) is 0 Å². The van der Waals surface area contributed by atoms with Gasteiger partial charge in [-0.3, -0.25) is 4.79 Å². The molecule has 1 aliphatic heterocycles. The van der Waals surface area contributed by atoms with Crippen LogP contribution in [0.2, 0.25) is 0 Å². The predicted molar refractivity (Wildman–Crippen MR) is 45.5 cm³/mol. The molecule has 1 heterocycles. The minimum absolute atomic E-state index is 0.388. The van der Waals surface area contributed by atoms with E-state index in [0.29, 0.717) is 5.57 Å². The smallest absolute Gasteiger partial charge is 0.251 e. The van der Waals surface area contributed by atoms with Crippen molar-refractivity contribution in [1.29, 1.82) is 0 Å². The van der Waals surface area contributed by atoms with Crippen molar-refractivity contribution in [3.05, 3.63) is 23.5 Å². The molecule has 0 aliphatic carbocycles. The summed E-state index contributed by atoms with van der Waals surface area (Å²) < 4.78 is 0. The molecule has 0 fully saturated rings. The Kier molecular flexibility index (Phi) is 2.58. The van der Waals surface area contributed by atoms with E-state index in [-0.39, 0.29) is 0 Å². The van der Waals surface area contributed by atoms with Gasteiger partial charge >= 0.3 is 0 Å². The van der Waals surface area contributed by atoms with Gasteiger partial charge in [-0.05, 0) is 24.6 Å². The van der Waals surface area contributed by atoms with Crippen LogP contribution < -0.4 is 5.32 Å². The standard InChI is InChI=1S/C7H7Cl2NO/c1-4-2-6(8)5(3-10-4)7(9)11/h2-3,6,10H,1H3. The molecule has 0 radical (unpaired) electrons. The second-order valence-corrected chi connectivity index (χ2v) is 3.08. The molecule has 1 aliphatic rings. The summed E-state index contributed by atoms with van der Waals surface area (Å²) in [5.74, 6) is 0. The van der Waals surface area contributed by atoms with Crippen LogP contribution in [-0.4, -0.2) is 10.6 Å². The number of rotatable bonds is 1. The molecule has 1 unspecified atom stereocenters. The lowest BCUT2D eigenvalue weighted by Crippen LogP contribution is -2.18. The zero-order valence-corrected chi connectivity index (χ0v) is 7.41. The lowest BCUT2D eigenvalue weighted by molar-refractivity contribution is -0.108. The topological polar surface area (TPSA) is 29.1 Å². The summed E-state index contributed by atoms with van der Waals surface area (Å²) in [6, 6.07) is 0. The Balaban J connectivity index is 2.80. The minimum Gasteiger partial charge on any atom is -0.365 e. The molecule has 1 atom stereocenters. The van der Waals surface area contributed by atoms with Gasteiger partial charge in [-0.25, -0.2) is 0 Å². The molecule has 0 amide bonds. The van der Waals surface area contributed by atoms with Crippen molar-refractivity contribution in [3.63, 3.8) is 0 Å². The molecule has 0 spiro atoms. The van der Waals surface area contributed by atoms with Crippen molar-refractivity contribution in [2.75, 3.05) is 0 Å². The number of carbonyl (C=O) groups excluding carboxylic acids is 1. The highest BCUT2D eigenvalue weighted by atomic mass is 35.5. The molecule has 0 aromatic heterocycles. The number of nitrogens with one attached hydrogen (secondary N) is 1. The molecule has 0 aromatic rings. The zero-order valence-electron chi connectivity index (χ0n) is 5.90. The fourth-order valence-electron chi connectivity index (χ4n) is 0.794. The van der Waals surface area contributed by atoms with Gasteiger partial charge in [0.25, 0.3) is 5.24 Å². The normalized spacial score (nSPS) is 23.4. The highest BCUT2D eigenvalue weighted by molar-refractivity contribution is 6.68. The van der Waals surface area contributed by atoms with E-state index < -0.39 is 10.6 Å². The number of halogens is 2. The lowest BCUT2D eigenvalue weighted by Gasteiger charge is -2.14. The van der Waals surface area contributed by atoms with Gasteiger partial charge in [0.1, 0.15) is 0 Å².